The highest BCUT2D eigenvalue weighted by Gasteiger charge is 2.17. The third-order valence-corrected chi connectivity index (χ3v) is 9.69. The van der Waals surface area contributed by atoms with E-state index in [0.717, 1.165) is 96.4 Å². The van der Waals surface area contributed by atoms with E-state index in [1.165, 1.54) is 13.8 Å². The molecule has 4 aromatic carbocycles. The van der Waals surface area contributed by atoms with Gasteiger partial charge in [0, 0.05) is 71.0 Å². The first-order valence-electron chi connectivity index (χ1n) is 20.1. The van der Waals surface area contributed by atoms with Gasteiger partial charge in [0.15, 0.2) is 0 Å². The van der Waals surface area contributed by atoms with Crippen molar-refractivity contribution in [3.8, 4) is 0 Å². The van der Waals surface area contributed by atoms with Gasteiger partial charge in [-0.05, 0) is 97.1 Å². The molecule has 16 nitrogen and oxygen atoms in total. The first-order valence-corrected chi connectivity index (χ1v) is 20.1. The van der Waals surface area contributed by atoms with E-state index in [1.807, 2.05) is 145 Å². The number of amides is 2. The maximum atomic E-state index is 11.3. The lowest BCUT2D eigenvalue weighted by Crippen LogP contribution is -2.32. The Morgan fingerprint density at radius 1 is 0.508 bits per heavy atom. The predicted octanol–water partition coefficient (Wildman–Crippen LogP) is 8.44. The summed E-state index contributed by atoms with van der Waals surface area (Å²) in [4.78, 5) is 22.6. The Kier molecular flexibility index (Phi) is 13.4. The number of benzene rings is 4. The van der Waals surface area contributed by atoms with Crippen molar-refractivity contribution in [3.05, 3.63) is 141 Å². The average molecular weight is 820 g/mol. The average Bonchev–Trinajstić information content (AvgIpc) is 3.96. The van der Waals surface area contributed by atoms with Crippen LogP contribution in [0.1, 0.15) is 26.7 Å². The van der Waals surface area contributed by atoms with Crippen LogP contribution in [0.2, 0.25) is 0 Å². The minimum atomic E-state index is -0.0973. The van der Waals surface area contributed by atoms with Crippen LogP contribution in [0, 0.1) is 0 Å². The molecule has 7 rings (SSSR count). The summed E-state index contributed by atoms with van der Waals surface area (Å²) >= 11 is 0. The second-order valence-corrected chi connectivity index (χ2v) is 14.7. The number of nitrogens with one attached hydrogen (secondary N) is 4. The van der Waals surface area contributed by atoms with E-state index in [2.05, 4.69) is 78.7 Å². The third-order valence-electron chi connectivity index (χ3n) is 9.69. The Morgan fingerprint density at radius 2 is 0.918 bits per heavy atom. The Morgan fingerprint density at radius 3 is 1.36 bits per heavy atom. The van der Waals surface area contributed by atoms with Gasteiger partial charge in [-0.3, -0.25) is 9.59 Å². The molecule has 0 fully saturated rings. The van der Waals surface area contributed by atoms with Crippen molar-refractivity contribution in [2.24, 2.45) is 34.6 Å². The molecule has 0 saturated carbocycles. The van der Waals surface area contributed by atoms with Gasteiger partial charge in [0.05, 0.1) is 65.1 Å². The molecule has 0 spiro atoms. The molecule has 0 atom stereocenters. The van der Waals surface area contributed by atoms with E-state index in [-0.39, 0.29) is 11.8 Å². The zero-order valence-corrected chi connectivity index (χ0v) is 34.8. The molecular weight excluding hydrogens is 769 g/mol. The number of aromatic nitrogens is 6. The number of nitrogens with zero attached hydrogens (tertiary/aromatic N) is 10. The van der Waals surface area contributed by atoms with Crippen LogP contribution in [0.3, 0.4) is 0 Å². The Hall–Kier alpha value is -7.75. The number of anilines is 6. The summed E-state index contributed by atoms with van der Waals surface area (Å²) in [6, 6.07) is 30.7. The number of aryl methyl sites for hydroxylation is 6. The third kappa shape index (κ3) is 11.9. The lowest BCUT2D eigenvalue weighted by molar-refractivity contribution is -0.697. The number of rotatable bonds is 18. The van der Waals surface area contributed by atoms with Crippen molar-refractivity contribution in [2.75, 3.05) is 21.3 Å². The first-order chi connectivity index (χ1) is 29.6. The maximum Gasteiger partial charge on any atom is 0.421 e. The van der Waals surface area contributed by atoms with Gasteiger partial charge in [-0.2, -0.15) is 0 Å². The summed E-state index contributed by atoms with van der Waals surface area (Å²) < 4.78 is 12.6. The quantitative estimate of drug-likeness (QED) is 0.0506. The van der Waals surface area contributed by atoms with Crippen LogP contribution < -0.4 is 35.0 Å². The van der Waals surface area contributed by atoms with Crippen LogP contribution in [0.15, 0.2) is 161 Å². The van der Waals surface area contributed by atoms with E-state index in [9.17, 15) is 9.59 Å². The summed E-state index contributed by atoms with van der Waals surface area (Å²) in [6.07, 6.45) is 16.3. The lowest BCUT2D eigenvalue weighted by atomic mass is 10.2. The van der Waals surface area contributed by atoms with Crippen molar-refractivity contribution in [2.45, 2.75) is 52.9 Å². The van der Waals surface area contributed by atoms with Crippen molar-refractivity contribution in [3.63, 3.8) is 0 Å². The maximum absolute atomic E-state index is 11.3. The van der Waals surface area contributed by atoms with E-state index >= 15 is 0 Å². The van der Waals surface area contributed by atoms with Gasteiger partial charge in [0.1, 0.15) is 23.8 Å². The monoisotopic (exact) mass is 819 g/mol. The SMILES string of the molecule is CC(=O)Nc1ccc(Nc2ccc(N=Nc3n(CCCn4cc[n+](CCCn5cc[n+](C)c5N=Nc5ccc(Nc6ccc(NC(C)=O)cc6)cc5)c4)cc[n+]3C)cc2)cc1. The van der Waals surface area contributed by atoms with Crippen molar-refractivity contribution in [1.82, 2.24) is 13.7 Å². The summed E-state index contributed by atoms with van der Waals surface area (Å²) in [5, 5.41) is 30.5. The second kappa shape index (κ2) is 19.8. The molecule has 310 valence electrons. The number of hydrogen-bond acceptors (Lipinski definition) is 8. The van der Waals surface area contributed by atoms with Crippen LogP contribution in [-0.4, -0.2) is 25.5 Å². The predicted molar refractivity (Wildman–Crippen MR) is 234 cm³/mol. The molecule has 0 radical (unpaired) electrons. The number of carbonyl (C=O) groups excluding carboxylic acids is 2. The summed E-state index contributed by atoms with van der Waals surface area (Å²) in [5.41, 5.74) is 6.70. The topological polar surface area (TPSA) is 158 Å². The van der Waals surface area contributed by atoms with E-state index in [4.69, 9.17) is 0 Å². The van der Waals surface area contributed by atoms with Gasteiger partial charge in [-0.1, -0.05) is 10.2 Å². The molecular formula is C45H51N14O2+3. The highest BCUT2D eigenvalue weighted by Crippen LogP contribution is 2.25. The zero-order chi connectivity index (χ0) is 42.6. The van der Waals surface area contributed by atoms with E-state index in [1.54, 1.807) is 0 Å². The Bertz CT molecular complexity index is 2420. The molecule has 0 aliphatic carbocycles. The van der Waals surface area contributed by atoms with Gasteiger partial charge in [0.25, 0.3) is 0 Å². The second-order valence-electron chi connectivity index (χ2n) is 14.7. The summed E-state index contributed by atoms with van der Waals surface area (Å²) in [5.74, 6) is 1.35. The molecule has 2 amide bonds. The van der Waals surface area contributed by atoms with Crippen LogP contribution in [-0.2, 0) is 49.9 Å². The minimum absolute atomic E-state index is 0.0973. The molecule has 0 unspecified atom stereocenters. The fourth-order valence-electron chi connectivity index (χ4n) is 6.63. The van der Waals surface area contributed by atoms with Crippen LogP contribution in [0.4, 0.5) is 57.4 Å². The molecule has 16 heteroatoms. The number of carbonyl (C=O) groups is 2. The largest absolute Gasteiger partial charge is 0.421 e. The summed E-state index contributed by atoms with van der Waals surface area (Å²) in [7, 11) is 3.95. The number of imidazole rings is 3. The van der Waals surface area contributed by atoms with Gasteiger partial charge in [-0.15, -0.1) is 0 Å². The molecule has 4 N–H and O–H groups in total. The molecule has 3 aromatic heterocycles. The smallest absolute Gasteiger partial charge is 0.356 e. The molecule has 0 aliphatic heterocycles. The Labute approximate surface area is 354 Å². The highest BCUT2D eigenvalue weighted by molar-refractivity contribution is 5.89. The zero-order valence-electron chi connectivity index (χ0n) is 34.8. The van der Waals surface area contributed by atoms with Gasteiger partial charge >= 0.3 is 11.9 Å². The lowest BCUT2D eigenvalue weighted by Gasteiger charge is -2.08. The fourth-order valence-corrected chi connectivity index (χ4v) is 6.63. The van der Waals surface area contributed by atoms with E-state index < -0.39 is 0 Å². The molecule has 0 aliphatic rings. The fraction of sp³-hybridized carbons (Fsp3) is 0.222. The summed E-state index contributed by atoms with van der Waals surface area (Å²) in [6.45, 7) is 6.33. The van der Waals surface area contributed by atoms with Crippen molar-refractivity contribution in [1.29, 1.82) is 0 Å². The molecule has 0 saturated heterocycles. The van der Waals surface area contributed by atoms with Gasteiger partial charge in [-0.25, -0.2) is 27.4 Å². The van der Waals surface area contributed by atoms with Crippen LogP contribution in [0.25, 0.3) is 0 Å². The standard InChI is InChI=1S/C45H48N14O2/c1-34(60)46-36-7-11-38(12-8-36)48-40-15-19-42(20-16-40)50-52-44-54(3)27-31-58(44)25-5-23-56-29-30-57(33-56)24-6-26-59-32-28-55(4)45(59)53-51-43-21-17-41(18-22-43)49-39-13-9-37(10-14-39)47-35(2)61/h7-22,27-33H,5-6,23-26H2,1-4H3,(H-,46,47,50,51,60,61)/p+3. The van der Waals surface area contributed by atoms with Crippen molar-refractivity contribution < 1.29 is 23.3 Å². The van der Waals surface area contributed by atoms with Gasteiger partial charge in [0.2, 0.25) is 18.1 Å². The normalized spacial score (nSPS) is 11.3. The molecule has 61 heavy (non-hydrogen) atoms. The molecule has 0 bridgehead atoms. The van der Waals surface area contributed by atoms with Crippen LogP contribution in [0.5, 0.6) is 0 Å². The highest BCUT2D eigenvalue weighted by atomic mass is 16.2. The number of hydrogen-bond donors (Lipinski definition) is 4. The minimum Gasteiger partial charge on any atom is -0.356 e. The molecule has 7 aromatic rings. The van der Waals surface area contributed by atoms with Gasteiger partial charge < -0.3 is 21.3 Å². The van der Waals surface area contributed by atoms with E-state index in [0.29, 0.717) is 0 Å². The number of azo groups is 2. The first kappa shape index (κ1) is 41.4. The molecule has 3 heterocycles. The Balaban J connectivity index is 0.847. The van der Waals surface area contributed by atoms with Crippen molar-refractivity contribution >= 4 is 69.2 Å². The van der Waals surface area contributed by atoms with Crippen LogP contribution >= 0.6 is 0 Å².